The zero-order valence-electron chi connectivity index (χ0n) is 11.0. The number of anilines is 2. The number of nitrogens with one attached hydrogen (secondary N) is 1. The number of aromatic nitrogens is 2. The summed E-state index contributed by atoms with van der Waals surface area (Å²) in [5.74, 6) is -0.0853. The van der Waals surface area contributed by atoms with E-state index in [1.807, 2.05) is 13.0 Å². The number of benzene rings is 1. The summed E-state index contributed by atoms with van der Waals surface area (Å²) in [5, 5.41) is 12.9. The van der Waals surface area contributed by atoms with Crippen molar-refractivity contribution >= 4 is 37.5 Å². The predicted molar refractivity (Wildman–Crippen MR) is 82.0 cm³/mol. The monoisotopic (exact) mass is 369 g/mol. The van der Waals surface area contributed by atoms with Crippen molar-refractivity contribution < 1.29 is 8.42 Å². The maximum atomic E-state index is 12.4. The van der Waals surface area contributed by atoms with Crippen molar-refractivity contribution in [2.24, 2.45) is 0 Å². The van der Waals surface area contributed by atoms with E-state index in [1.165, 1.54) is 23.0 Å². The highest BCUT2D eigenvalue weighted by Crippen LogP contribution is 2.25. The molecule has 0 amide bonds. The van der Waals surface area contributed by atoms with Crippen LogP contribution < -0.4 is 10.5 Å². The SMILES string of the molecule is CCn1cc(S(=O)(=O)Nc2cc(Br)ccc2C#N)c(N)n1. The van der Waals surface area contributed by atoms with Gasteiger partial charge in [-0.2, -0.15) is 10.4 Å². The maximum Gasteiger partial charge on any atom is 0.267 e. The van der Waals surface area contributed by atoms with Gasteiger partial charge in [0.15, 0.2) is 5.82 Å². The molecule has 0 saturated heterocycles. The summed E-state index contributed by atoms with van der Waals surface area (Å²) in [6.45, 7) is 2.32. The molecule has 0 fully saturated rings. The molecule has 0 aliphatic heterocycles. The Labute approximate surface area is 130 Å². The third-order valence-corrected chi connectivity index (χ3v) is 4.59. The minimum Gasteiger partial charge on any atom is -0.381 e. The van der Waals surface area contributed by atoms with Gasteiger partial charge in [0, 0.05) is 17.2 Å². The van der Waals surface area contributed by atoms with Gasteiger partial charge in [0.05, 0.1) is 11.3 Å². The summed E-state index contributed by atoms with van der Waals surface area (Å²) in [4.78, 5) is -0.117. The van der Waals surface area contributed by atoms with Crippen molar-refractivity contribution in [1.29, 1.82) is 5.26 Å². The number of rotatable bonds is 4. The summed E-state index contributed by atoms with van der Waals surface area (Å²) in [5.41, 5.74) is 6.02. The topological polar surface area (TPSA) is 114 Å². The number of nitrogens with two attached hydrogens (primary N) is 1. The first-order chi connectivity index (χ1) is 9.87. The Morgan fingerprint density at radius 3 is 2.81 bits per heavy atom. The van der Waals surface area contributed by atoms with Gasteiger partial charge in [0.2, 0.25) is 0 Å². The second-order valence-corrected chi connectivity index (χ2v) is 6.71. The zero-order chi connectivity index (χ0) is 15.6. The zero-order valence-corrected chi connectivity index (χ0v) is 13.4. The summed E-state index contributed by atoms with van der Waals surface area (Å²) in [6.07, 6.45) is 1.35. The molecule has 0 atom stereocenters. The molecule has 0 bridgehead atoms. The molecule has 0 aliphatic rings. The van der Waals surface area contributed by atoms with Crippen molar-refractivity contribution in [2.75, 3.05) is 10.5 Å². The Hall–Kier alpha value is -2.05. The van der Waals surface area contributed by atoms with Crippen LogP contribution in [0.2, 0.25) is 0 Å². The molecule has 2 rings (SSSR count). The minimum atomic E-state index is -3.91. The molecule has 0 radical (unpaired) electrons. The lowest BCUT2D eigenvalue weighted by molar-refractivity contribution is 0.600. The Morgan fingerprint density at radius 1 is 1.52 bits per heavy atom. The van der Waals surface area contributed by atoms with E-state index < -0.39 is 10.0 Å². The third-order valence-electron chi connectivity index (χ3n) is 2.71. The average molecular weight is 370 g/mol. The second-order valence-electron chi connectivity index (χ2n) is 4.14. The number of aryl methyl sites for hydroxylation is 1. The van der Waals surface area contributed by atoms with E-state index in [0.29, 0.717) is 11.0 Å². The second kappa shape index (κ2) is 5.75. The Bertz CT molecular complexity index is 823. The molecule has 1 aromatic heterocycles. The predicted octanol–water partition coefficient (Wildman–Crippen LogP) is 1.92. The first-order valence-electron chi connectivity index (χ1n) is 5.92. The van der Waals surface area contributed by atoms with Crippen molar-refractivity contribution in [3.63, 3.8) is 0 Å². The highest BCUT2D eigenvalue weighted by Gasteiger charge is 2.22. The van der Waals surface area contributed by atoms with E-state index in [0.717, 1.165) is 0 Å². The van der Waals surface area contributed by atoms with Gasteiger partial charge in [-0.25, -0.2) is 8.42 Å². The number of nitrogen functional groups attached to an aromatic ring is 1. The molecule has 3 N–H and O–H groups in total. The summed E-state index contributed by atoms with van der Waals surface area (Å²) < 4.78 is 29.2. The van der Waals surface area contributed by atoms with Crippen molar-refractivity contribution in [1.82, 2.24) is 9.78 Å². The van der Waals surface area contributed by atoms with Gasteiger partial charge >= 0.3 is 0 Å². The van der Waals surface area contributed by atoms with E-state index >= 15 is 0 Å². The lowest BCUT2D eigenvalue weighted by Gasteiger charge is -2.08. The number of nitrogens with zero attached hydrogens (tertiary/aromatic N) is 3. The number of hydrogen-bond acceptors (Lipinski definition) is 5. The highest BCUT2D eigenvalue weighted by molar-refractivity contribution is 9.10. The molecule has 0 spiro atoms. The Balaban J connectivity index is 2.45. The van der Waals surface area contributed by atoms with E-state index in [2.05, 4.69) is 25.8 Å². The van der Waals surface area contributed by atoms with E-state index in [1.54, 1.807) is 6.07 Å². The molecule has 2 aromatic rings. The average Bonchev–Trinajstić information content (AvgIpc) is 2.81. The van der Waals surface area contributed by atoms with Gasteiger partial charge in [0.25, 0.3) is 10.0 Å². The molecule has 110 valence electrons. The molecular weight excluding hydrogens is 358 g/mol. The van der Waals surface area contributed by atoms with Crippen LogP contribution in [0, 0.1) is 11.3 Å². The van der Waals surface area contributed by atoms with Crippen molar-refractivity contribution in [3.8, 4) is 6.07 Å². The third kappa shape index (κ3) is 3.17. The van der Waals surface area contributed by atoms with Gasteiger partial charge in [0.1, 0.15) is 11.0 Å². The van der Waals surface area contributed by atoms with Gasteiger partial charge < -0.3 is 5.73 Å². The maximum absolute atomic E-state index is 12.4. The van der Waals surface area contributed by atoms with Crippen LogP contribution in [-0.2, 0) is 16.6 Å². The van der Waals surface area contributed by atoms with E-state index in [4.69, 9.17) is 11.0 Å². The van der Waals surface area contributed by atoms with E-state index in [-0.39, 0.29) is 22.0 Å². The molecule has 9 heteroatoms. The fraction of sp³-hybridized carbons (Fsp3) is 0.167. The molecule has 1 aromatic carbocycles. The summed E-state index contributed by atoms with van der Waals surface area (Å²) >= 11 is 3.23. The molecule has 7 nitrogen and oxygen atoms in total. The van der Waals surface area contributed by atoms with Crippen LogP contribution >= 0.6 is 15.9 Å². The summed E-state index contributed by atoms with van der Waals surface area (Å²) in [6, 6.07) is 6.61. The molecule has 0 saturated carbocycles. The highest BCUT2D eigenvalue weighted by atomic mass is 79.9. The van der Waals surface area contributed by atoms with Gasteiger partial charge in [-0.1, -0.05) is 15.9 Å². The van der Waals surface area contributed by atoms with Gasteiger partial charge in [-0.3, -0.25) is 9.40 Å². The van der Waals surface area contributed by atoms with Crippen LogP contribution in [0.5, 0.6) is 0 Å². The number of sulfonamides is 1. The fourth-order valence-corrected chi connectivity index (χ4v) is 3.19. The molecule has 0 aliphatic carbocycles. The van der Waals surface area contributed by atoms with Crippen LogP contribution in [0.25, 0.3) is 0 Å². The lowest BCUT2D eigenvalue weighted by atomic mass is 10.2. The van der Waals surface area contributed by atoms with Crippen LogP contribution in [0.4, 0.5) is 11.5 Å². The number of nitriles is 1. The number of halogens is 1. The molecular formula is C12H12BrN5O2S. The minimum absolute atomic E-state index is 0.0853. The smallest absolute Gasteiger partial charge is 0.267 e. The van der Waals surface area contributed by atoms with Crippen LogP contribution in [0.15, 0.2) is 33.8 Å². The van der Waals surface area contributed by atoms with Crippen LogP contribution in [0.1, 0.15) is 12.5 Å². The van der Waals surface area contributed by atoms with Crippen molar-refractivity contribution in [2.45, 2.75) is 18.4 Å². The molecule has 1 heterocycles. The van der Waals surface area contributed by atoms with Gasteiger partial charge in [-0.15, -0.1) is 0 Å². The quantitative estimate of drug-likeness (QED) is 0.854. The summed E-state index contributed by atoms with van der Waals surface area (Å²) in [7, 11) is -3.91. The normalized spacial score (nSPS) is 11.1. The molecule has 0 unspecified atom stereocenters. The van der Waals surface area contributed by atoms with E-state index in [9.17, 15) is 8.42 Å². The largest absolute Gasteiger partial charge is 0.381 e. The fourth-order valence-electron chi connectivity index (χ4n) is 1.69. The first kappa shape index (κ1) is 15.3. The van der Waals surface area contributed by atoms with Crippen molar-refractivity contribution in [3.05, 3.63) is 34.4 Å². The standard InChI is InChI=1S/C12H12BrN5O2S/c1-2-18-7-11(12(15)16-18)21(19,20)17-10-5-9(13)4-3-8(10)6-14/h3-5,7,17H,2H2,1H3,(H2,15,16). The Kier molecular flexibility index (Phi) is 4.20. The lowest BCUT2D eigenvalue weighted by Crippen LogP contribution is -2.14. The van der Waals surface area contributed by atoms with Crippen LogP contribution in [0.3, 0.4) is 0 Å². The van der Waals surface area contributed by atoms with Crippen LogP contribution in [-0.4, -0.2) is 18.2 Å². The molecule has 21 heavy (non-hydrogen) atoms. The Morgan fingerprint density at radius 2 is 2.24 bits per heavy atom. The van der Waals surface area contributed by atoms with Gasteiger partial charge in [-0.05, 0) is 25.1 Å². The number of hydrogen-bond donors (Lipinski definition) is 2. The first-order valence-corrected chi connectivity index (χ1v) is 8.20.